The van der Waals surface area contributed by atoms with Crippen LogP contribution in [-0.2, 0) is 0 Å². The third kappa shape index (κ3) is 3.13. The van der Waals surface area contributed by atoms with Crippen LogP contribution < -0.4 is 10.1 Å². The highest BCUT2D eigenvalue weighted by Crippen LogP contribution is 2.24. The summed E-state index contributed by atoms with van der Waals surface area (Å²) < 4.78 is 19.5. The topological polar surface area (TPSA) is 59.9 Å². The molecule has 0 aliphatic heterocycles. The van der Waals surface area contributed by atoms with Crippen LogP contribution in [0.4, 0.5) is 10.3 Å². The van der Waals surface area contributed by atoms with Crippen molar-refractivity contribution in [2.45, 2.75) is 6.92 Å². The monoisotopic (exact) mass is 312 g/mol. The summed E-state index contributed by atoms with van der Waals surface area (Å²) >= 11 is 3.25. The third-order valence-corrected chi connectivity index (χ3v) is 2.37. The lowest BCUT2D eigenvalue weighted by Gasteiger charge is -2.07. The number of halogens is 2. The van der Waals surface area contributed by atoms with Crippen LogP contribution in [0.1, 0.15) is 6.92 Å². The van der Waals surface area contributed by atoms with Crippen molar-refractivity contribution in [1.29, 1.82) is 0 Å². The summed E-state index contributed by atoms with van der Waals surface area (Å²) in [5.74, 6) is -0.0567. The molecular formula is C11H10BrFN4O. The lowest BCUT2D eigenvalue weighted by atomic mass is 10.4. The number of anilines is 1. The van der Waals surface area contributed by atoms with E-state index in [1.54, 1.807) is 12.3 Å². The molecule has 2 aromatic rings. The number of nitrogens with one attached hydrogen (secondary N) is 1. The molecule has 0 saturated heterocycles. The highest BCUT2D eigenvalue weighted by Gasteiger charge is 2.09. The molecule has 0 bridgehead atoms. The van der Waals surface area contributed by atoms with E-state index >= 15 is 0 Å². The molecule has 0 spiro atoms. The molecule has 0 unspecified atom stereocenters. The largest absolute Gasteiger partial charge is 0.435 e. The standard InChI is InChI=1S/C11H10BrFN4O/c1-2-15-11-16-6-9(13)10(17-11)18-8-3-7(12)4-14-5-8/h3-6H,2H2,1H3,(H,15,16,17). The highest BCUT2D eigenvalue weighted by atomic mass is 79.9. The molecule has 0 radical (unpaired) electrons. The molecular weight excluding hydrogens is 303 g/mol. The van der Waals surface area contributed by atoms with Crippen LogP contribution in [0.15, 0.2) is 29.1 Å². The van der Waals surface area contributed by atoms with Crippen LogP contribution in [0.25, 0.3) is 0 Å². The van der Waals surface area contributed by atoms with E-state index in [2.05, 4.69) is 36.2 Å². The minimum Gasteiger partial charge on any atom is -0.435 e. The molecule has 94 valence electrons. The van der Waals surface area contributed by atoms with Gasteiger partial charge in [0.25, 0.3) is 5.88 Å². The molecule has 2 heterocycles. The Hall–Kier alpha value is -1.76. The van der Waals surface area contributed by atoms with Gasteiger partial charge in [-0.3, -0.25) is 4.98 Å². The molecule has 5 nitrogen and oxygen atoms in total. The van der Waals surface area contributed by atoms with E-state index in [9.17, 15) is 4.39 Å². The minimum absolute atomic E-state index is 0.138. The van der Waals surface area contributed by atoms with Crippen LogP contribution in [0.3, 0.4) is 0 Å². The first-order valence-electron chi connectivity index (χ1n) is 5.24. The Morgan fingerprint density at radius 1 is 1.39 bits per heavy atom. The van der Waals surface area contributed by atoms with E-state index < -0.39 is 5.82 Å². The third-order valence-electron chi connectivity index (χ3n) is 1.94. The van der Waals surface area contributed by atoms with Gasteiger partial charge in [-0.05, 0) is 28.9 Å². The first kappa shape index (κ1) is 12.7. The molecule has 1 N–H and O–H groups in total. The first-order chi connectivity index (χ1) is 8.69. The van der Waals surface area contributed by atoms with Crippen LogP contribution in [0, 0.1) is 5.82 Å². The van der Waals surface area contributed by atoms with Crippen LogP contribution in [0.2, 0.25) is 0 Å². The van der Waals surface area contributed by atoms with E-state index in [-0.39, 0.29) is 5.88 Å². The average Bonchev–Trinajstić information content (AvgIpc) is 2.34. The van der Waals surface area contributed by atoms with Crippen molar-refractivity contribution in [3.63, 3.8) is 0 Å². The van der Waals surface area contributed by atoms with Gasteiger partial charge in [0.2, 0.25) is 11.8 Å². The van der Waals surface area contributed by atoms with Crippen molar-refractivity contribution in [3.05, 3.63) is 34.9 Å². The summed E-state index contributed by atoms with van der Waals surface area (Å²) in [5.41, 5.74) is 0. The summed E-state index contributed by atoms with van der Waals surface area (Å²) in [6.07, 6.45) is 4.14. The molecule has 0 aliphatic rings. The van der Waals surface area contributed by atoms with Gasteiger partial charge in [-0.25, -0.2) is 4.98 Å². The molecule has 0 atom stereocenters. The molecule has 2 rings (SSSR count). The Morgan fingerprint density at radius 3 is 2.94 bits per heavy atom. The van der Waals surface area contributed by atoms with E-state index in [1.807, 2.05) is 6.92 Å². The summed E-state index contributed by atoms with van der Waals surface area (Å²) in [6.45, 7) is 2.54. The second-order valence-electron chi connectivity index (χ2n) is 3.32. The van der Waals surface area contributed by atoms with Gasteiger partial charge < -0.3 is 10.1 Å². The fourth-order valence-electron chi connectivity index (χ4n) is 1.23. The minimum atomic E-state index is -0.628. The fourth-order valence-corrected chi connectivity index (χ4v) is 1.57. The van der Waals surface area contributed by atoms with Crippen LogP contribution in [-0.4, -0.2) is 21.5 Å². The number of aromatic nitrogens is 3. The van der Waals surface area contributed by atoms with Gasteiger partial charge >= 0.3 is 0 Å². The smallest absolute Gasteiger partial charge is 0.260 e. The van der Waals surface area contributed by atoms with Gasteiger partial charge in [0.1, 0.15) is 5.75 Å². The maximum Gasteiger partial charge on any atom is 0.260 e. The number of hydrogen-bond donors (Lipinski definition) is 1. The Bertz CT molecular complexity index is 552. The number of ether oxygens (including phenoxy) is 1. The average molecular weight is 313 g/mol. The van der Waals surface area contributed by atoms with Crippen molar-refractivity contribution in [2.24, 2.45) is 0 Å². The highest BCUT2D eigenvalue weighted by molar-refractivity contribution is 9.10. The zero-order valence-electron chi connectivity index (χ0n) is 9.52. The van der Waals surface area contributed by atoms with Crippen LogP contribution >= 0.6 is 15.9 Å². The number of hydrogen-bond acceptors (Lipinski definition) is 5. The van der Waals surface area contributed by atoms with Gasteiger partial charge in [-0.1, -0.05) is 0 Å². The molecule has 0 aliphatic carbocycles. The molecule has 0 aromatic carbocycles. The van der Waals surface area contributed by atoms with E-state index in [1.165, 1.54) is 6.20 Å². The Morgan fingerprint density at radius 2 is 2.22 bits per heavy atom. The molecule has 0 amide bonds. The first-order valence-corrected chi connectivity index (χ1v) is 6.03. The maximum absolute atomic E-state index is 13.5. The van der Waals surface area contributed by atoms with E-state index in [0.717, 1.165) is 10.7 Å². The van der Waals surface area contributed by atoms with Gasteiger partial charge in [-0.15, -0.1) is 0 Å². The SMILES string of the molecule is CCNc1ncc(F)c(Oc2cncc(Br)c2)n1. The quantitative estimate of drug-likeness (QED) is 0.940. The Labute approximate surface area is 112 Å². The lowest BCUT2D eigenvalue weighted by Crippen LogP contribution is -2.04. The summed E-state index contributed by atoms with van der Waals surface area (Å²) in [4.78, 5) is 11.6. The van der Waals surface area contributed by atoms with E-state index in [4.69, 9.17) is 4.74 Å². The Balaban J connectivity index is 2.25. The number of pyridine rings is 1. The van der Waals surface area contributed by atoms with Gasteiger partial charge in [0.05, 0.1) is 12.4 Å². The zero-order valence-corrected chi connectivity index (χ0v) is 11.1. The van der Waals surface area contributed by atoms with Crippen molar-refractivity contribution >= 4 is 21.9 Å². The molecule has 7 heteroatoms. The van der Waals surface area contributed by atoms with Gasteiger partial charge in [0.15, 0.2) is 0 Å². The normalized spacial score (nSPS) is 10.2. The summed E-state index contributed by atoms with van der Waals surface area (Å²) in [7, 11) is 0. The second kappa shape index (κ2) is 5.72. The number of rotatable bonds is 4. The zero-order chi connectivity index (χ0) is 13.0. The second-order valence-corrected chi connectivity index (χ2v) is 4.23. The summed E-state index contributed by atoms with van der Waals surface area (Å²) in [6, 6.07) is 1.67. The predicted octanol–water partition coefficient (Wildman–Crippen LogP) is 3.00. The van der Waals surface area contributed by atoms with Crippen molar-refractivity contribution < 1.29 is 9.13 Å². The molecule has 0 fully saturated rings. The predicted molar refractivity (Wildman–Crippen MR) is 68.2 cm³/mol. The van der Waals surface area contributed by atoms with Crippen LogP contribution in [0.5, 0.6) is 11.6 Å². The van der Waals surface area contributed by atoms with E-state index in [0.29, 0.717) is 18.2 Å². The van der Waals surface area contributed by atoms with Crippen molar-refractivity contribution in [3.8, 4) is 11.6 Å². The molecule has 0 saturated carbocycles. The van der Waals surface area contributed by atoms with Gasteiger partial charge in [0, 0.05) is 17.2 Å². The Kier molecular flexibility index (Phi) is 4.03. The number of nitrogens with zero attached hydrogens (tertiary/aromatic N) is 3. The van der Waals surface area contributed by atoms with Gasteiger partial charge in [-0.2, -0.15) is 9.37 Å². The molecule has 18 heavy (non-hydrogen) atoms. The maximum atomic E-state index is 13.5. The lowest BCUT2D eigenvalue weighted by molar-refractivity contribution is 0.419. The van der Waals surface area contributed by atoms with Crippen molar-refractivity contribution in [1.82, 2.24) is 15.0 Å². The fraction of sp³-hybridized carbons (Fsp3) is 0.182. The summed E-state index contributed by atoms with van der Waals surface area (Å²) in [5, 5.41) is 2.88. The molecule has 2 aromatic heterocycles. The van der Waals surface area contributed by atoms with Crippen molar-refractivity contribution in [2.75, 3.05) is 11.9 Å².